The van der Waals surface area contributed by atoms with Gasteiger partial charge in [0.25, 0.3) is 0 Å². The Morgan fingerprint density at radius 3 is 2.73 bits per heavy atom. The summed E-state index contributed by atoms with van der Waals surface area (Å²) in [5, 5.41) is 4.37. The predicted octanol–water partition coefficient (Wildman–Crippen LogP) is 6.37. The summed E-state index contributed by atoms with van der Waals surface area (Å²) in [5.41, 5.74) is 3.56. The first-order chi connectivity index (χ1) is 14.7. The Hall–Kier alpha value is -3.25. The molecular formula is C24H23N3O2S. The summed E-state index contributed by atoms with van der Waals surface area (Å²) in [5.74, 6) is 0.413. The highest BCUT2D eigenvalue weighted by Crippen LogP contribution is 2.40. The molecule has 0 unspecified atom stereocenters. The lowest BCUT2D eigenvalue weighted by Gasteiger charge is -2.10. The largest absolute Gasteiger partial charge is 0.462 e. The van der Waals surface area contributed by atoms with Gasteiger partial charge in [0.1, 0.15) is 17.0 Å². The highest BCUT2D eigenvalue weighted by atomic mass is 32.1. The smallest absolute Gasteiger partial charge is 0.338 e. The standard InChI is InChI=1S/C24H23N3O2S/c1-3-4-13-29-24(28)18-11-8-12-19(14-18)27-22-21-20(17-9-6-5-7-10-17)16(2)30-23(21)26-15-25-22/h5-12,14-15H,3-4,13H2,1-2H3,(H,25,26,27). The average molecular weight is 418 g/mol. The predicted molar refractivity (Wildman–Crippen MR) is 123 cm³/mol. The van der Waals surface area contributed by atoms with Crippen LogP contribution in [0.1, 0.15) is 35.0 Å². The second-order valence-corrected chi connectivity index (χ2v) is 8.20. The number of nitrogens with zero attached hydrogens (tertiary/aromatic N) is 2. The van der Waals surface area contributed by atoms with Crippen molar-refractivity contribution >= 4 is 39.0 Å². The lowest BCUT2D eigenvalue weighted by molar-refractivity contribution is 0.0500. The van der Waals surface area contributed by atoms with E-state index in [0.29, 0.717) is 12.2 Å². The second kappa shape index (κ2) is 9.05. The van der Waals surface area contributed by atoms with Crippen LogP contribution in [0.25, 0.3) is 21.3 Å². The maximum absolute atomic E-state index is 12.3. The van der Waals surface area contributed by atoms with Gasteiger partial charge in [-0.25, -0.2) is 14.8 Å². The molecule has 0 atom stereocenters. The Kier molecular flexibility index (Phi) is 6.05. The van der Waals surface area contributed by atoms with E-state index in [2.05, 4.69) is 41.3 Å². The van der Waals surface area contributed by atoms with Crippen LogP contribution in [-0.2, 0) is 4.74 Å². The first kappa shape index (κ1) is 20.0. The maximum atomic E-state index is 12.3. The van der Waals surface area contributed by atoms with E-state index in [1.165, 1.54) is 4.88 Å². The lowest BCUT2D eigenvalue weighted by atomic mass is 10.0. The number of thiophene rings is 1. The fraction of sp³-hybridized carbons (Fsp3) is 0.208. The van der Waals surface area contributed by atoms with Gasteiger partial charge in [0, 0.05) is 16.1 Å². The van der Waals surface area contributed by atoms with E-state index >= 15 is 0 Å². The minimum absolute atomic E-state index is 0.309. The zero-order valence-electron chi connectivity index (χ0n) is 17.0. The van der Waals surface area contributed by atoms with Crippen molar-refractivity contribution in [1.29, 1.82) is 0 Å². The first-order valence-corrected chi connectivity index (χ1v) is 10.8. The number of hydrogen-bond acceptors (Lipinski definition) is 6. The van der Waals surface area contributed by atoms with Crippen LogP contribution in [0, 0.1) is 6.92 Å². The minimum Gasteiger partial charge on any atom is -0.462 e. The van der Waals surface area contributed by atoms with Crippen molar-refractivity contribution in [3.8, 4) is 11.1 Å². The van der Waals surface area contributed by atoms with Gasteiger partial charge in [-0.15, -0.1) is 11.3 Å². The number of ether oxygens (including phenoxy) is 1. The molecule has 1 N–H and O–H groups in total. The summed E-state index contributed by atoms with van der Waals surface area (Å²) in [6, 6.07) is 17.6. The molecule has 4 aromatic rings. The van der Waals surface area contributed by atoms with Gasteiger partial charge in [-0.1, -0.05) is 49.7 Å². The number of esters is 1. The average Bonchev–Trinajstić information content (AvgIpc) is 3.11. The van der Waals surface area contributed by atoms with Crippen molar-refractivity contribution in [2.24, 2.45) is 0 Å². The van der Waals surface area contributed by atoms with Crippen LogP contribution >= 0.6 is 11.3 Å². The van der Waals surface area contributed by atoms with Crippen molar-refractivity contribution in [3.05, 3.63) is 71.4 Å². The van der Waals surface area contributed by atoms with Gasteiger partial charge < -0.3 is 10.1 Å². The molecule has 2 aromatic heterocycles. The number of benzene rings is 2. The van der Waals surface area contributed by atoms with Crippen molar-refractivity contribution in [2.75, 3.05) is 11.9 Å². The van der Waals surface area contributed by atoms with Gasteiger partial charge in [-0.3, -0.25) is 0 Å². The normalized spacial score (nSPS) is 10.9. The molecule has 4 rings (SSSR count). The van der Waals surface area contributed by atoms with E-state index in [-0.39, 0.29) is 5.97 Å². The van der Waals surface area contributed by atoms with Gasteiger partial charge >= 0.3 is 5.97 Å². The number of unbranched alkanes of at least 4 members (excludes halogenated alkanes) is 1. The molecule has 0 bridgehead atoms. The van der Waals surface area contributed by atoms with Gasteiger partial charge in [0.2, 0.25) is 0 Å². The fourth-order valence-electron chi connectivity index (χ4n) is 3.34. The molecule has 0 saturated carbocycles. The number of hydrogen-bond donors (Lipinski definition) is 1. The number of aryl methyl sites for hydroxylation is 1. The van der Waals surface area contributed by atoms with E-state index in [4.69, 9.17) is 4.74 Å². The monoisotopic (exact) mass is 417 g/mol. The highest BCUT2D eigenvalue weighted by Gasteiger charge is 2.17. The number of rotatable bonds is 7. The van der Waals surface area contributed by atoms with E-state index in [1.807, 2.05) is 30.3 Å². The molecule has 2 heterocycles. The Morgan fingerprint density at radius 2 is 1.93 bits per heavy atom. The van der Waals surface area contributed by atoms with E-state index in [1.54, 1.807) is 29.8 Å². The number of anilines is 2. The minimum atomic E-state index is -0.309. The molecule has 0 amide bonds. The van der Waals surface area contributed by atoms with Crippen LogP contribution < -0.4 is 5.32 Å². The van der Waals surface area contributed by atoms with Gasteiger partial charge in [0.05, 0.1) is 17.6 Å². The van der Waals surface area contributed by atoms with Gasteiger partial charge in [0.15, 0.2) is 0 Å². The van der Waals surface area contributed by atoms with Gasteiger partial charge in [-0.2, -0.15) is 0 Å². The SMILES string of the molecule is CCCCOC(=O)c1cccc(Nc2ncnc3sc(C)c(-c4ccccc4)c23)c1. The van der Waals surface area contributed by atoms with Crippen LogP contribution in [-0.4, -0.2) is 22.5 Å². The Labute approximate surface area is 179 Å². The van der Waals surface area contributed by atoms with E-state index < -0.39 is 0 Å². The Morgan fingerprint density at radius 1 is 1.10 bits per heavy atom. The third-order valence-electron chi connectivity index (χ3n) is 4.82. The van der Waals surface area contributed by atoms with Gasteiger partial charge in [-0.05, 0) is 37.1 Å². The molecule has 0 saturated heterocycles. The van der Waals surface area contributed by atoms with Crippen LogP contribution in [0.4, 0.5) is 11.5 Å². The summed E-state index contributed by atoms with van der Waals surface area (Å²) in [6.07, 6.45) is 3.42. The van der Waals surface area contributed by atoms with Crippen LogP contribution in [0.3, 0.4) is 0 Å². The number of aromatic nitrogens is 2. The van der Waals surface area contributed by atoms with Crippen molar-refractivity contribution in [3.63, 3.8) is 0 Å². The second-order valence-electron chi connectivity index (χ2n) is 7.00. The molecule has 0 aliphatic heterocycles. The molecule has 0 aliphatic carbocycles. The third kappa shape index (κ3) is 4.19. The van der Waals surface area contributed by atoms with Crippen molar-refractivity contribution in [2.45, 2.75) is 26.7 Å². The fourth-order valence-corrected chi connectivity index (χ4v) is 4.36. The van der Waals surface area contributed by atoms with E-state index in [0.717, 1.165) is 45.7 Å². The highest BCUT2D eigenvalue weighted by molar-refractivity contribution is 7.19. The molecule has 152 valence electrons. The molecule has 30 heavy (non-hydrogen) atoms. The number of carbonyl (C=O) groups excluding carboxylic acids is 1. The molecule has 0 fully saturated rings. The number of carbonyl (C=O) groups is 1. The van der Waals surface area contributed by atoms with Crippen LogP contribution in [0.2, 0.25) is 0 Å². The lowest BCUT2D eigenvalue weighted by Crippen LogP contribution is -2.06. The summed E-state index contributed by atoms with van der Waals surface area (Å²) in [6.45, 7) is 4.61. The zero-order valence-corrected chi connectivity index (χ0v) is 17.8. The molecule has 2 aromatic carbocycles. The van der Waals surface area contributed by atoms with Crippen LogP contribution in [0.5, 0.6) is 0 Å². The van der Waals surface area contributed by atoms with E-state index in [9.17, 15) is 4.79 Å². The molecule has 6 heteroatoms. The topological polar surface area (TPSA) is 64.1 Å². The Bertz CT molecular complexity index is 1170. The Balaban J connectivity index is 1.68. The van der Waals surface area contributed by atoms with Crippen molar-refractivity contribution in [1.82, 2.24) is 9.97 Å². The molecular weight excluding hydrogens is 394 g/mol. The zero-order chi connectivity index (χ0) is 20.9. The quantitative estimate of drug-likeness (QED) is 0.280. The molecule has 5 nitrogen and oxygen atoms in total. The summed E-state index contributed by atoms with van der Waals surface area (Å²) in [7, 11) is 0. The number of nitrogens with one attached hydrogen (secondary N) is 1. The first-order valence-electron chi connectivity index (χ1n) is 10.0. The summed E-state index contributed by atoms with van der Waals surface area (Å²) in [4.78, 5) is 23.4. The molecule has 0 spiro atoms. The molecule has 0 radical (unpaired) electrons. The third-order valence-corrected chi connectivity index (χ3v) is 5.83. The maximum Gasteiger partial charge on any atom is 0.338 e. The van der Waals surface area contributed by atoms with Crippen molar-refractivity contribution < 1.29 is 9.53 Å². The number of fused-ring (bicyclic) bond motifs is 1. The molecule has 0 aliphatic rings. The summed E-state index contributed by atoms with van der Waals surface area (Å²) >= 11 is 1.65. The van der Waals surface area contributed by atoms with Crippen LogP contribution in [0.15, 0.2) is 60.9 Å². The summed E-state index contributed by atoms with van der Waals surface area (Å²) < 4.78 is 5.33.